The van der Waals surface area contributed by atoms with Crippen molar-refractivity contribution in [3.63, 3.8) is 0 Å². The first kappa shape index (κ1) is 13.9. The zero-order valence-electron chi connectivity index (χ0n) is 11.9. The van der Waals surface area contributed by atoms with Crippen LogP contribution >= 0.6 is 0 Å². The number of carbonyl (C=O) groups excluding carboxylic acids is 1. The average Bonchev–Trinajstić information content (AvgIpc) is 3.20. The molecule has 1 aliphatic carbocycles. The molecule has 2 rings (SSSR count). The fourth-order valence-corrected chi connectivity index (χ4v) is 2.41. The molecule has 19 heavy (non-hydrogen) atoms. The maximum Gasteiger partial charge on any atom is 0.319 e. The Morgan fingerprint density at radius 2 is 2.16 bits per heavy atom. The third kappa shape index (κ3) is 4.27. The van der Waals surface area contributed by atoms with Gasteiger partial charge in [-0.15, -0.1) is 0 Å². The van der Waals surface area contributed by atoms with Crippen LogP contribution in [0.1, 0.15) is 57.4 Å². The zero-order chi connectivity index (χ0) is 13.7. The van der Waals surface area contributed by atoms with Gasteiger partial charge in [0, 0.05) is 11.7 Å². The molecule has 0 aliphatic heterocycles. The first-order valence-corrected chi connectivity index (χ1v) is 7.40. The molecule has 0 saturated heterocycles. The highest BCUT2D eigenvalue weighted by Crippen LogP contribution is 2.26. The fraction of sp³-hybridized carbons (Fsp3) is 0.562. The quantitative estimate of drug-likeness (QED) is 0.788. The van der Waals surface area contributed by atoms with Crippen LogP contribution in [0.15, 0.2) is 24.3 Å². The number of nitrogens with one attached hydrogen (secondary N) is 2. The van der Waals surface area contributed by atoms with Crippen molar-refractivity contribution in [3.05, 3.63) is 29.8 Å². The van der Waals surface area contributed by atoms with Crippen LogP contribution in [0.25, 0.3) is 0 Å². The number of carbonyl (C=O) groups is 1. The van der Waals surface area contributed by atoms with Gasteiger partial charge < -0.3 is 10.6 Å². The summed E-state index contributed by atoms with van der Waals surface area (Å²) in [6.07, 6.45) is 5.77. The Hall–Kier alpha value is -1.51. The molecular formula is C16H24N2O. The van der Waals surface area contributed by atoms with Crippen molar-refractivity contribution in [2.45, 2.75) is 57.9 Å². The van der Waals surface area contributed by atoms with E-state index in [1.165, 1.54) is 18.4 Å². The van der Waals surface area contributed by atoms with Gasteiger partial charge in [0.2, 0.25) is 0 Å². The van der Waals surface area contributed by atoms with Crippen molar-refractivity contribution in [2.75, 3.05) is 5.32 Å². The number of hydrogen-bond donors (Lipinski definition) is 2. The molecule has 1 saturated carbocycles. The second-order valence-electron chi connectivity index (χ2n) is 5.39. The first-order chi connectivity index (χ1) is 9.22. The predicted molar refractivity (Wildman–Crippen MR) is 79.6 cm³/mol. The lowest BCUT2D eigenvalue weighted by Crippen LogP contribution is -2.30. The Labute approximate surface area is 115 Å². The highest BCUT2D eigenvalue weighted by molar-refractivity contribution is 5.89. The summed E-state index contributed by atoms with van der Waals surface area (Å²) in [5, 5.41) is 5.86. The minimum atomic E-state index is -0.0804. The summed E-state index contributed by atoms with van der Waals surface area (Å²) in [5.74, 6) is 0.596. The van der Waals surface area contributed by atoms with E-state index < -0.39 is 0 Å². The standard InChI is InChI=1S/C16H24N2O/c1-3-6-12(4-2)13-7-5-8-15(11-13)18-16(19)17-14-9-10-14/h5,7-8,11-12,14H,3-4,6,9-10H2,1-2H3,(H2,17,18,19). The Balaban J connectivity index is 1.98. The summed E-state index contributed by atoms with van der Waals surface area (Å²) in [7, 11) is 0. The van der Waals surface area contributed by atoms with E-state index >= 15 is 0 Å². The highest BCUT2D eigenvalue weighted by Gasteiger charge is 2.23. The van der Waals surface area contributed by atoms with Crippen LogP contribution in [-0.4, -0.2) is 12.1 Å². The molecular weight excluding hydrogens is 236 g/mol. The van der Waals surface area contributed by atoms with E-state index in [0.29, 0.717) is 12.0 Å². The van der Waals surface area contributed by atoms with Gasteiger partial charge in [-0.05, 0) is 49.3 Å². The Bertz CT molecular complexity index is 427. The van der Waals surface area contributed by atoms with Gasteiger partial charge in [-0.25, -0.2) is 4.79 Å². The second kappa shape index (κ2) is 6.60. The largest absolute Gasteiger partial charge is 0.335 e. The topological polar surface area (TPSA) is 41.1 Å². The second-order valence-corrected chi connectivity index (χ2v) is 5.39. The number of rotatable bonds is 6. The first-order valence-electron chi connectivity index (χ1n) is 7.40. The van der Waals surface area contributed by atoms with E-state index in [4.69, 9.17) is 0 Å². The van der Waals surface area contributed by atoms with E-state index in [0.717, 1.165) is 24.9 Å². The molecule has 0 spiro atoms. The highest BCUT2D eigenvalue weighted by atomic mass is 16.2. The molecule has 1 aromatic rings. The molecule has 1 unspecified atom stereocenters. The van der Waals surface area contributed by atoms with Crippen LogP contribution in [0.2, 0.25) is 0 Å². The predicted octanol–water partition coefficient (Wildman–Crippen LogP) is 4.26. The van der Waals surface area contributed by atoms with Gasteiger partial charge in [0.05, 0.1) is 0 Å². The molecule has 1 aromatic carbocycles. The Morgan fingerprint density at radius 3 is 2.79 bits per heavy atom. The molecule has 1 atom stereocenters. The molecule has 2 amide bonds. The lowest BCUT2D eigenvalue weighted by atomic mass is 9.92. The molecule has 0 heterocycles. The third-order valence-electron chi connectivity index (χ3n) is 3.66. The van der Waals surface area contributed by atoms with Crippen LogP contribution in [0.5, 0.6) is 0 Å². The molecule has 1 fully saturated rings. The van der Waals surface area contributed by atoms with E-state index in [2.05, 4.69) is 36.6 Å². The lowest BCUT2D eigenvalue weighted by molar-refractivity contribution is 0.251. The minimum Gasteiger partial charge on any atom is -0.335 e. The summed E-state index contributed by atoms with van der Waals surface area (Å²) in [6.45, 7) is 4.44. The third-order valence-corrected chi connectivity index (χ3v) is 3.66. The van der Waals surface area contributed by atoms with Crippen molar-refractivity contribution < 1.29 is 4.79 Å². The normalized spacial score (nSPS) is 15.9. The fourth-order valence-electron chi connectivity index (χ4n) is 2.41. The monoisotopic (exact) mass is 260 g/mol. The SMILES string of the molecule is CCCC(CC)c1cccc(NC(=O)NC2CC2)c1. The van der Waals surface area contributed by atoms with Gasteiger partial charge in [0.15, 0.2) is 0 Å². The van der Waals surface area contributed by atoms with Crippen LogP contribution in [0.3, 0.4) is 0 Å². The lowest BCUT2D eigenvalue weighted by Gasteiger charge is -2.15. The van der Waals surface area contributed by atoms with E-state index in [1.54, 1.807) is 0 Å². The number of benzene rings is 1. The van der Waals surface area contributed by atoms with E-state index in [1.807, 2.05) is 12.1 Å². The van der Waals surface area contributed by atoms with Crippen molar-refractivity contribution in [3.8, 4) is 0 Å². The van der Waals surface area contributed by atoms with Gasteiger partial charge in [0.1, 0.15) is 0 Å². The summed E-state index contributed by atoms with van der Waals surface area (Å²) in [5.41, 5.74) is 2.22. The number of hydrogen-bond acceptors (Lipinski definition) is 1. The summed E-state index contributed by atoms with van der Waals surface area (Å²) >= 11 is 0. The van der Waals surface area contributed by atoms with Crippen molar-refractivity contribution in [1.29, 1.82) is 0 Å². The van der Waals surface area contributed by atoms with Crippen molar-refractivity contribution in [1.82, 2.24) is 5.32 Å². The summed E-state index contributed by atoms with van der Waals surface area (Å²) in [4.78, 5) is 11.7. The number of amides is 2. The van der Waals surface area contributed by atoms with Crippen molar-refractivity contribution in [2.24, 2.45) is 0 Å². The number of anilines is 1. The Kier molecular flexibility index (Phi) is 4.83. The van der Waals surface area contributed by atoms with Gasteiger partial charge >= 0.3 is 6.03 Å². The summed E-state index contributed by atoms with van der Waals surface area (Å²) < 4.78 is 0. The molecule has 0 radical (unpaired) electrons. The number of urea groups is 1. The Morgan fingerprint density at radius 1 is 1.37 bits per heavy atom. The maximum atomic E-state index is 11.7. The van der Waals surface area contributed by atoms with E-state index in [-0.39, 0.29) is 6.03 Å². The molecule has 1 aliphatic rings. The molecule has 0 aromatic heterocycles. The van der Waals surface area contributed by atoms with Gasteiger partial charge in [-0.2, -0.15) is 0 Å². The van der Waals surface area contributed by atoms with Gasteiger partial charge in [0.25, 0.3) is 0 Å². The molecule has 3 heteroatoms. The van der Waals surface area contributed by atoms with Crippen molar-refractivity contribution >= 4 is 11.7 Å². The zero-order valence-corrected chi connectivity index (χ0v) is 11.9. The average molecular weight is 260 g/mol. The molecule has 0 bridgehead atoms. The van der Waals surface area contributed by atoms with Gasteiger partial charge in [-0.3, -0.25) is 0 Å². The smallest absolute Gasteiger partial charge is 0.319 e. The van der Waals surface area contributed by atoms with Crippen LogP contribution in [0.4, 0.5) is 10.5 Å². The summed E-state index contributed by atoms with van der Waals surface area (Å²) in [6, 6.07) is 8.56. The van der Waals surface area contributed by atoms with Gasteiger partial charge in [-0.1, -0.05) is 32.4 Å². The van der Waals surface area contributed by atoms with Crippen LogP contribution in [0, 0.1) is 0 Å². The molecule has 104 valence electrons. The molecule has 3 nitrogen and oxygen atoms in total. The minimum absolute atomic E-state index is 0.0804. The van der Waals surface area contributed by atoms with Crippen LogP contribution in [-0.2, 0) is 0 Å². The maximum absolute atomic E-state index is 11.7. The van der Waals surface area contributed by atoms with Crippen LogP contribution < -0.4 is 10.6 Å². The van der Waals surface area contributed by atoms with E-state index in [9.17, 15) is 4.79 Å². The molecule has 2 N–H and O–H groups in total.